The highest BCUT2D eigenvalue weighted by Gasteiger charge is 2.79. The average Bonchev–Trinajstić information content (AvgIpc) is 2.74. The first-order valence-corrected chi connectivity index (χ1v) is 9.73. The predicted molar refractivity (Wildman–Crippen MR) is 95.4 cm³/mol. The number of halogens is 6. The average molecular weight is 478 g/mol. The Morgan fingerprint density at radius 3 is 1.97 bits per heavy atom. The van der Waals surface area contributed by atoms with Gasteiger partial charge in [-0.1, -0.05) is 13.0 Å². The number of ether oxygens (including phenoxy) is 4. The highest BCUT2D eigenvalue weighted by Crippen LogP contribution is 2.47. The molecule has 0 aromatic heterocycles. The van der Waals surface area contributed by atoms with Crippen molar-refractivity contribution >= 4 is 17.9 Å². The number of carbonyl (C=O) groups is 3. The zero-order chi connectivity index (χ0) is 24.6. The van der Waals surface area contributed by atoms with Crippen molar-refractivity contribution in [3.63, 3.8) is 0 Å². The van der Waals surface area contributed by atoms with E-state index in [1.807, 2.05) is 0 Å². The van der Waals surface area contributed by atoms with Gasteiger partial charge < -0.3 is 18.9 Å². The maximum Gasteiger partial charge on any atom is 0.411 e. The summed E-state index contributed by atoms with van der Waals surface area (Å²) in [5, 5.41) is 0. The van der Waals surface area contributed by atoms with Crippen molar-refractivity contribution in [2.75, 3.05) is 26.4 Å². The second-order valence-corrected chi connectivity index (χ2v) is 6.90. The van der Waals surface area contributed by atoms with Crippen LogP contribution in [0.2, 0.25) is 0 Å². The third-order valence-electron chi connectivity index (χ3n) is 4.45. The molecule has 0 spiro atoms. The lowest BCUT2D eigenvalue weighted by Gasteiger charge is -2.31. The van der Waals surface area contributed by atoms with Crippen molar-refractivity contribution in [1.29, 1.82) is 0 Å². The minimum Gasteiger partial charge on any atom is -0.459 e. The maximum atomic E-state index is 13.9. The molecule has 13 heteroatoms. The first-order chi connectivity index (χ1) is 14.8. The molecule has 0 heterocycles. The maximum absolute atomic E-state index is 13.9. The van der Waals surface area contributed by atoms with Crippen LogP contribution in [0.15, 0.2) is 12.2 Å². The van der Waals surface area contributed by atoms with Crippen LogP contribution in [-0.4, -0.2) is 68.2 Å². The number of esters is 3. The molecule has 1 saturated carbocycles. The SMILES string of the molecule is C=C(COCC)C(=O)OCCOC(=O)C(F)(F)C(F)(F)C(F)(F)C(=O)OC1CCCCC1. The van der Waals surface area contributed by atoms with Gasteiger partial charge in [0.25, 0.3) is 0 Å². The second-order valence-electron chi connectivity index (χ2n) is 6.90. The van der Waals surface area contributed by atoms with Gasteiger partial charge in [0.1, 0.15) is 19.3 Å². The molecule has 0 atom stereocenters. The van der Waals surface area contributed by atoms with Crippen molar-refractivity contribution in [2.24, 2.45) is 0 Å². The fourth-order valence-electron chi connectivity index (χ4n) is 2.61. The molecule has 1 rings (SSSR count). The van der Waals surface area contributed by atoms with Gasteiger partial charge >= 0.3 is 35.7 Å². The summed E-state index contributed by atoms with van der Waals surface area (Å²) in [5.41, 5.74) is -0.161. The predicted octanol–water partition coefficient (Wildman–Crippen LogP) is 3.45. The lowest BCUT2D eigenvalue weighted by Crippen LogP contribution is -2.62. The largest absolute Gasteiger partial charge is 0.459 e. The van der Waals surface area contributed by atoms with Gasteiger partial charge in [-0.3, -0.25) is 0 Å². The quantitative estimate of drug-likeness (QED) is 0.140. The molecule has 7 nitrogen and oxygen atoms in total. The van der Waals surface area contributed by atoms with Crippen molar-refractivity contribution in [2.45, 2.75) is 62.9 Å². The number of carbonyl (C=O) groups excluding carboxylic acids is 3. The summed E-state index contributed by atoms with van der Waals surface area (Å²) >= 11 is 0. The lowest BCUT2D eigenvalue weighted by atomic mass is 9.97. The molecule has 32 heavy (non-hydrogen) atoms. The van der Waals surface area contributed by atoms with Crippen LogP contribution in [-0.2, 0) is 33.3 Å². The van der Waals surface area contributed by atoms with E-state index >= 15 is 0 Å². The molecule has 0 amide bonds. The lowest BCUT2D eigenvalue weighted by molar-refractivity contribution is -0.302. The van der Waals surface area contributed by atoms with Gasteiger partial charge in [-0.15, -0.1) is 0 Å². The summed E-state index contributed by atoms with van der Waals surface area (Å²) in [6.07, 6.45) is 0.854. The number of rotatable bonds is 12. The minimum atomic E-state index is -6.44. The van der Waals surface area contributed by atoms with Gasteiger partial charge in [-0.05, 0) is 32.6 Å². The summed E-state index contributed by atoms with van der Waals surface area (Å²) in [7, 11) is 0. The molecule has 0 bridgehead atoms. The molecule has 0 radical (unpaired) electrons. The van der Waals surface area contributed by atoms with Crippen molar-refractivity contribution in [1.82, 2.24) is 0 Å². The van der Waals surface area contributed by atoms with Crippen LogP contribution in [0.25, 0.3) is 0 Å². The number of hydrogen-bond donors (Lipinski definition) is 0. The topological polar surface area (TPSA) is 88.1 Å². The first-order valence-electron chi connectivity index (χ1n) is 9.73. The Balaban J connectivity index is 2.66. The van der Waals surface area contributed by atoms with Crippen molar-refractivity contribution in [3.8, 4) is 0 Å². The van der Waals surface area contributed by atoms with E-state index < -0.39 is 55.0 Å². The van der Waals surface area contributed by atoms with Crippen LogP contribution < -0.4 is 0 Å². The highest BCUT2D eigenvalue weighted by atomic mass is 19.3. The summed E-state index contributed by atoms with van der Waals surface area (Å²) in [6, 6.07) is 0. The Kier molecular flexibility index (Phi) is 9.98. The van der Waals surface area contributed by atoms with E-state index in [0.717, 1.165) is 6.42 Å². The molecule has 0 aromatic carbocycles. The van der Waals surface area contributed by atoms with E-state index in [4.69, 9.17) is 4.74 Å². The molecule has 1 aliphatic rings. The highest BCUT2D eigenvalue weighted by molar-refractivity contribution is 5.88. The van der Waals surface area contributed by atoms with Gasteiger partial charge in [-0.25, -0.2) is 14.4 Å². The third-order valence-corrected chi connectivity index (χ3v) is 4.45. The Hall–Kier alpha value is -2.31. The van der Waals surface area contributed by atoms with E-state index in [1.54, 1.807) is 6.92 Å². The molecule has 0 saturated heterocycles. The van der Waals surface area contributed by atoms with E-state index in [-0.39, 0.29) is 31.6 Å². The third kappa shape index (κ3) is 6.59. The minimum absolute atomic E-state index is 0.127. The zero-order valence-electron chi connectivity index (χ0n) is 17.3. The Morgan fingerprint density at radius 2 is 1.41 bits per heavy atom. The van der Waals surface area contributed by atoms with Crippen LogP contribution in [0, 0.1) is 0 Å². The van der Waals surface area contributed by atoms with Gasteiger partial charge in [0.05, 0.1) is 12.2 Å². The molecule has 0 aromatic rings. The molecule has 0 unspecified atom stereocenters. The molecular weight excluding hydrogens is 454 g/mol. The van der Waals surface area contributed by atoms with Gasteiger partial charge in [0.2, 0.25) is 0 Å². The van der Waals surface area contributed by atoms with Crippen molar-refractivity contribution < 1.29 is 59.7 Å². The van der Waals surface area contributed by atoms with E-state index in [9.17, 15) is 40.7 Å². The van der Waals surface area contributed by atoms with Crippen LogP contribution in [0.3, 0.4) is 0 Å². The molecule has 1 fully saturated rings. The fraction of sp³-hybridized carbons (Fsp3) is 0.737. The van der Waals surface area contributed by atoms with Crippen molar-refractivity contribution in [3.05, 3.63) is 12.2 Å². The Labute approximate surface area is 180 Å². The first kappa shape index (κ1) is 27.7. The summed E-state index contributed by atoms with van der Waals surface area (Å²) in [6.45, 7) is 3.00. The molecule has 184 valence electrons. The summed E-state index contributed by atoms with van der Waals surface area (Å²) in [4.78, 5) is 34.3. The van der Waals surface area contributed by atoms with Crippen LogP contribution in [0.4, 0.5) is 26.3 Å². The molecule has 0 aliphatic heterocycles. The fourth-order valence-corrected chi connectivity index (χ4v) is 2.61. The molecular formula is C19H24F6O7. The van der Waals surface area contributed by atoms with E-state index in [0.29, 0.717) is 12.8 Å². The monoisotopic (exact) mass is 478 g/mol. The molecule has 0 N–H and O–H groups in total. The smallest absolute Gasteiger partial charge is 0.411 e. The standard InChI is InChI=1S/C19H24F6O7/c1-3-29-11-12(2)14(26)30-9-10-31-15(27)17(20,21)19(24,25)18(22,23)16(28)32-13-7-5-4-6-8-13/h13H,2-11H2,1H3. The van der Waals surface area contributed by atoms with E-state index in [1.165, 1.54) is 0 Å². The van der Waals surface area contributed by atoms with E-state index in [2.05, 4.69) is 20.8 Å². The summed E-state index contributed by atoms with van der Waals surface area (Å²) in [5.74, 6) is -25.4. The van der Waals surface area contributed by atoms with Gasteiger partial charge in [0, 0.05) is 6.61 Å². The second kappa shape index (κ2) is 11.5. The summed E-state index contributed by atoms with van der Waals surface area (Å²) < 4.78 is 101. The number of hydrogen-bond acceptors (Lipinski definition) is 7. The molecule has 1 aliphatic carbocycles. The van der Waals surface area contributed by atoms with Crippen LogP contribution in [0.1, 0.15) is 39.0 Å². The van der Waals surface area contributed by atoms with Gasteiger partial charge in [0.15, 0.2) is 0 Å². The Morgan fingerprint density at radius 1 is 0.875 bits per heavy atom. The normalized spacial score (nSPS) is 15.7. The van der Waals surface area contributed by atoms with Crippen LogP contribution in [0.5, 0.6) is 0 Å². The Bertz CT molecular complexity index is 690. The van der Waals surface area contributed by atoms with Gasteiger partial charge in [-0.2, -0.15) is 26.3 Å². The van der Waals surface area contributed by atoms with Crippen LogP contribution >= 0.6 is 0 Å². The number of alkyl halides is 6. The zero-order valence-corrected chi connectivity index (χ0v) is 17.3.